The summed E-state index contributed by atoms with van der Waals surface area (Å²) < 4.78 is 0.159. The van der Waals surface area contributed by atoms with Gasteiger partial charge in [-0.1, -0.05) is 12.1 Å². The molecule has 23 heavy (non-hydrogen) atoms. The number of amides is 1. The maximum atomic E-state index is 11.9. The van der Waals surface area contributed by atoms with Crippen molar-refractivity contribution in [2.75, 3.05) is 33.9 Å². The zero-order valence-corrected chi connectivity index (χ0v) is 15.8. The van der Waals surface area contributed by atoms with Crippen LogP contribution in [0.15, 0.2) is 29.3 Å². The van der Waals surface area contributed by atoms with Crippen molar-refractivity contribution < 1.29 is 4.79 Å². The van der Waals surface area contributed by atoms with Crippen molar-refractivity contribution >= 4 is 23.6 Å². The molecule has 128 valence electrons. The molecule has 0 radical (unpaired) electrons. The third kappa shape index (κ3) is 6.52. The Kier molecular flexibility index (Phi) is 7.42. The van der Waals surface area contributed by atoms with Crippen molar-refractivity contribution in [3.8, 4) is 0 Å². The fourth-order valence-electron chi connectivity index (χ4n) is 1.80. The number of nitrogens with zero attached hydrogens (tertiary/aromatic N) is 2. The van der Waals surface area contributed by atoms with Gasteiger partial charge in [0.05, 0.1) is 0 Å². The predicted molar refractivity (Wildman–Crippen MR) is 100 cm³/mol. The van der Waals surface area contributed by atoms with Crippen molar-refractivity contribution in [3.05, 3.63) is 35.4 Å². The van der Waals surface area contributed by atoms with E-state index in [1.807, 2.05) is 36.0 Å². The first kappa shape index (κ1) is 19.4. The number of rotatable bonds is 6. The van der Waals surface area contributed by atoms with Crippen LogP contribution in [-0.2, 0) is 6.54 Å². The average Bonchev–Trinajstić information content (AvgIpc) is 2.54. The summed E-state index contributed by atoms with van der Waals surface area (Å²) in [5.41, 5.74) is 1.80. The fourth-order valence-corrected chi connectivity index (χ4v) is 2.02. The molecular formula is C17H28N4OS. The first-order valence-electron chi connectivity index (χ1n) is 7.59. The number of benzene rings is 1. The molecule has 2 N–H and O–H groups in total. The van der Waals surface area contributed by atoms with Gasteiger partial charge in [-0.05, 0) is 37.8 Å². The summed E-state index contributed by atoms with van der Waals surface area (Å²) in [5, 5.41) is 6.62. The van der Waals surface area contributed by atoms with Gasteiger partial charge in [0, 0.05) is 44.5 Å². The summed E-state index contributed by atoms with van der Waals surface area (Å²) in [6, 6.07) is 7.63. The van der Waals surface area contributed by atoms with Crippen LogP contribution in [0, 0.1) is 0 Å². The molecule has 0 bridgehead atoms. The second kappa shape index (κ2) is 8.82. The lowest BCUT2D eigenvalue weighted by Crippen LogP contribution is -2.42. The largest absolute Gasteiger partial charge is 0.355 e. The summed E-state index contributed by atoms with van der Waals surface area (Å²) in [6.07, 6.45) is 2.11. The Hall–Kier alpha value is -1.69. The Morgan fingerprint density at radius 1 is 1.22 bits per heavy atom. The Morgan fingerprint density at radius 2 is 1.83 bits per heavy atom. The highest BCUT2D eigenvalue weighted by Crippen LogP contribution is 2.19. The highest BCUT2D eigenvalue weighted by Gasteiger charge is 2.16. The first-order chi connectivity index (χ1) is 10.8. The lowest BCUT2D eigenvalue weighted by Gasteiger charge is -2.23. The van der Waals surface area contributed by atoms with E-state index in [4.69, 9.17) is 0 Å². The van der Waals surface area contributed by atoms with Crippen molar-refractivity contribution in [1.82, 2.24) is 15.5 Å². The SMILES string of the molecule is CN=C(NCc1ccc(C(=O)N(C)C)cc1)NCC(C)(C)SC. The van der Waals surface area contributed by atoms with Crippen molar-refractivity contribution in [2.45, 2.75) is 25.1 Å². The van der Waals surface area contributed by atoms with Crippen LogP contribution in [0.5, 0.6) is 0 Å². The van der Waals surface area contributed by atoms with Gasteiger partial charge in [-0.15, -0.1) is 0 Å². The van der Waals surface area contributed by atoms with Crippen LogP contribution in [0.4, 0.5) is 0 Å². The topological polar surface area (TPSA) is 56.7 Å². The van der Waals surface area contributed by atoms with Crippen LogP contribution in [0.1, 0.15) is 29.8 Å². The van der Waals surface area contributed by atoms with E-state index >= 15 is 0 Å². The van der Waals surface area contributed by atoms with Crippen LogP contribution >= 0.6 is 11.8 Å². The molecule has 0 heterocycles. The van der Waals surface area contributed by atoms with Crippen LogP contribution in [0.3, 0.4) is 0 Å². The molecule has 0 aliphatic rings. The second-order valence-electron chi connectivity index (χ2n) is 6.14. The van der Waals surface area contributed by atoms with Crippen LogP contribution in [-0.4, -0.2) is 55.5 Å². The fraction of sp³-hybridized carbons (Fsp3) is 0.529. The summed E-state index contributed by atoms with van der Waals surface area (Å²) in [4.78, 5) is 17.7. The molecule has 0 aliphatic carbocycles. The molecule has 0 saturated carbocycles. The molecule has 0 spiro atoms. The number of nitrogens with one attached hydrogen (secondary N) is 2. The third-order valence-corrected chi connectivity index (χ3v) is 4.77. The highest BCUT2D eigenvalue weighted by atomic mass is 32.2. The molecule has 0 aromatic heterocycles. The maximum absolute atomic E-state index is 11.9. The van der Waals surface area contributed by atoms with Crippen LogP contribution in [0.25, 0.3) is 0 Å². The molecule has 0 saturated heterocycles. The zero-order valence-electron chi connectivity index (χ0n) is 14.9. The Morgan fingerprint density at radius 3 is 2.30 bits per heavy atom. The number of carbonyl (C=O) groups excluding carboxylic acids is 1. The number of guanidine groups is 1. The lowest BCUT2D eigenvalue weighted by molar-refractivity contribution is 0.0827. The standard InChI is InChI=1S/C17H28N4OS/c1-17(2,23-6)12-20-16(18-3)19-11-13-7-9-14(10-8-13)15(22)21(4)5/h7-10H,11-12H2,1-6H3,(H2,18,19,20). The van der Waals surface area contributed by atoms with E-state index in [2.05, 4.69) is 35.7 Å². The van der Waals surface area contributed by atoms with Gasteiger partial charge in [-0.25, -0.2) is 0 Å². The van der Waals surface area contributed by atoms with Gasteiger partial charge < -0.3 is 15.5 Å². The van der Waals surface area contributed by atoms with E-state index in [0.29, 0.717) is 12.1 Å². The van der Waals surface area contributed by atoms with E-state index in [9.17, 15) is 4.79 Å². The molecule has 0 fully saturated rings. The van der Waals surface area contributed by atoms with Gasteiger partial charge >= 0.3 is 0 Å². The smallest absolute Gasteiger partial charge is 0.253 e. The molecule has 6 heteroatoms. The zero-order chi connectivity index (χ0) is 17.5. The molecule has 1 amide bonds. The molecule has 0 aliphatic heterocycles. The lowest BCUT2D eigenvalue weighted by atomic mass is 10.1. The summed E-state index contributed by atoms with van der Waals surface area (Å²) >= 11 is 1.82. The quantitative estimate of drug-likeness (QED) is 0.618. The van der Waals surface area contributed by atoms with Gasteiger partial charge in [0.1, 0.15) is 0 Å². The summed E-state index contributed by atoms with van der Waals surface area (Å²) in [5.74, 6) is 0.793. The van der Waals surface area contributed by atoms with E-state index < -0.39 is 0 Å². The predicted octanol–water partition coefficient (Wildman–Crippen LogP) is 2.19. The van der Waals surface area contributed by atoms with E-state index in [1.54, 1.807) is 26.0 Å². The molecule has 1 aromatic carbocycles. The number of hydrogen-bond acceptors (Lipinski definition) is 3. The van der Waals surface area contributed by atoms with Gasteiger partial charge in [0.25, 0.3) is 5.91 Å². The van der Waals surface area contributed by atoms with E-state index in [0.717, 1.165) is 18.1 Å². The van der Waals surface area contributed by atoms with Crippen LogP contribution in [0.2, 0.25) is 0 Å². The van der Waals surface area contributed by atoms with Crippen molar-refractivity contribution in [3.63, 3.8) is 0 Å². The van der Waals surface area contributed by atoms with Gasteiger partial charge in [0.2, 0.25) is 0 Å². The minimum atomic E-state index is 0.0151. The van der Waals surface area contributed by atoms with E-state index in [-0.39, 0.29) is 10.7 Å². The van der Waals surface area contributed by atoms with Gasteiger partial charge in [0.15, 0.2) is 5.96 Å². The van der Waals surface area contributed by atoms with Gasteiger partial charge in [-0.2, -0.15) is 11.8 Å². The molecule has 0 atom stereocenters. The second-order valence-corrected chi connectivity index (χ2v) is 7.65. The average molecular weight is 337 g/mol. The molecule has 1 aromatic rings. The number of thioether (sulfide) groups is 1. The summed E-state index contributed by atoms with van der Waals surface area (Å²) in [6.45, 7) is 5.89. The maximum Gasteiger partial charge on any atom is 0.253 e. The van der Waals surface area contributed by atoms with Crippen molar-refractivity contribution in [2.24, 2.45) is 4.99 Å². The van der Waals surface area contributed by atoms with Crippen LogP contribution < -0.4 is 10.6 Å². The monoisotopic (exact) mass is 336 g/mol. The van der Waals surface area contributed by atoms with Crippen molar-refractivity contribution in [1.29, 1.82) is 0 Å². The summed E-state index contributed by atoms with van der Waals surface area (Å²) in [7, 11) is 5.27. The Bertz CT molecular complexity index is 538. The third-order valence-electron chi connectivity index (χ3n) is 3.52. The van der Waals surface area contributed by atoms with Gasteiger partial charge in [-0.3, -0.25) is 9.79 Å². The normalized spacial score (nSPS) is 12.0. The first-order valence-corrected chi connectivity index (χ1v) is 8.82. The molecule has 5 nitrogen and oxygen atoms in total. The minimum absolute atomic E-state index is 0.0151. The molecule has 0 unspecified atom stereocenters. The Labute approximate surface area is 143 Å². The number of hydrogen-bond donors (Lipinski definition) is 2. The van der Waals surface area contributed by atoms with E-state index in [1.165, 1.54) is 0 Å². The Balaban J connectivity index is 2.55. The highest BCUT2D eigenvalue weighted by molar-refractivity contribution is 7.99. The number of carbonyl (C=O) groups is 1. The molecular weight excluding hydrogens is 308 g/mol. The molecule has 1 rings (SSSR count). The minimum Gasteiger partial charge on any atom is -0.355 e. The number of aliphatic imine (C=N–C) groups is 1.